The van der Waals surface area contributed by atoms with E-state index in [1.54, 1.807) is 18.6 Å². The van der Waals surface area contributed by atoms with Crippen molar-refractivity contribution < 1.29 is 0 Å². The van der Waals surface area contributed by atoms with Gasteiger partial charge in [0.25, 0.3) is 0 Å². The Morgan fingerprint density at radius 3 is 2.62 bits per heavy atom. The molecule has 4 rings (SSSR count). The minimum Gasteiger partial charge on any atom is -0.368 e. The van der Waals surface area contributed by atoms with Crippen molar-refractivity contribution in [3.63, 3.8) is 0 Å². The Kier molecular flexibility index (Phi) is 3.94. The van der Waals surface area contributed by atoms with Crippen molar-refractivity contribution in [3.05, 3.63) is 90.5 Å². The molecule has 0 saturated carbocycles. The normalized spacial score (nSPS) is 12.2. The Hall–Kier alpha value is -3.14. The van der Waals surface area contributed by atoms with E-state index in [2.05, 4.69) is 75.0 Å². The number of rotatable bonds is 5. The van der Waals surface area contributed by atoms with Gasteiger partial charge in [-0.3, -0.25) is 4.98 Å². The molecule has 4 aromatic rings. The maximum atomic E-state index is 4.31. The smallest absolute Gasteiger partial charge is 0.144 e. The van der Waals surface area contributed by atoms with Gasteiger partial charge in [-0.1, -0.05) is 48.5 Å². The molecule has 2 heterocycles. The predicted molar refractivity (Wildman–Crippen MR) is 97.1 cm³/mol. The average Bonchev–Trinajstić information content (AvgIpc) is 3.08. The molecule has 0 spiro atoms. The van der Waals surface area contributed by atoms with Crippen LogP contribution in [0.5, 0.6) is 0 Å². The van der Waals surface area contributed by atoms with Crippen LogP contribution in [-0.2, 0) is 0 Å². The minimum atomic E-state index is 0.226. The highest BCUT2D eigenvalue weighted by atomic mass is 15.0. The monoisotopic (exact) mass is 314 g/mol. The minimum absolute atomic E-state index is 0.226. The number of nitrogens with one attached hydrogen (secondary N) is 2. The van der Waals surface area contributed by atoms with E-state index >= 15 is 0 Å². The number of fused-ring (bicyclic) bond motifs is 1. The molecule has 4 nitrogen and oxygen atoms in total. The molecule has 118 valence electrons. The second kappa shape index (κ2) is 6.54. The van der Waals surface area contributed by atoms with Crippen LogP contribution in [0, 0.1) is 0 Å². The third-order valence-electron chi connectivity index (χ3n) is 4.25. The summed E-state index contributed by atoms with van der Waals surface area (Å²) in [7, 11) is 0. The molecule has 2 aromatic heterocycles. The fraction of sp³-hybridized carbons (Fsp3) is 0.100. The van der Waals surface area contributed by atoms with Gasteiger partial charge in [0, 0.05) is 42.0 Å². The Morgan fingerprint density at radius 2 is 1.79 bits per heavy atom. The van der Waals surface area contributed by atoms with Gasteiger partial charge in [0.1, 0.15) is 5.82 Å². The first-order chi connectivity index (χ1) is 11.9. The van der Waals surface area contributed by atoms with Gasteiger partial charge in [0.15, 0.2) is 0 Å². The topological polar surface area (TPSA) is 53.6 Å². The van der Waals surface area contributed by atoms with Crippen molar-refractivity contribution in [3.8, 4) is 0 Å². The maximum Gasteiger partial charge on any atom is 0.144 e. The summed E-state index contributed by atoms with van der Waals surface area (Å²) >= 11 is 0. The molecule has 0 fully saturated rings. The summed E-state index contributed by atoms with van der Waals surface area (Å²) in [6, 6.07) is 19.0. The third kappa shape index (κ3) is 2.86. The van der Waals surface area contributed by atoms with Crippen LogP contribution >= 0.6 is 0 Å². The molecule has 0 saturated heterocycles. The highest BCUT2D eigenvalue weighted by molar-refractivity contribution is 5.84. The number of hydrogen-bond donors (Lipinski definition) is 2. The summed E-state index contributed by atoms with van der Waals surface area (Å²) in [6.07, 6.45) is 7.24. The molecule has 0 radical (unpaired) electrons. The zero-order valence-corrected chi connectivity index (χ0v) is 13.2. The van der Waals surface area contributed by atoms with Gasteiger partial charge in [0.05, 0.1) is 6.20 Å². The molecule has 2 N–H and O–H groups in total. The molecule has 1 unspecified atom stereocenters. The first kappa shape index (κ1) is 14.5. The largest absolute Gasteiger partial charge is 0.368 e. The molecule has 0 aliphatic carbocycles. The van der Waals surface area contributed by atoms with E-state index < -0.39 is 0 Å². The first-order valence-corrected chi connectivity index (χ1v) is 8.02. The van der Waals surface area contributed by atoms with Crippen LogP contribution in [-0.4, -0.2) is 21.5 Å². The van der Waals surface area contributed by atoms with E-state index in [0.717, 1.165) is 17.9 Å². The molecule has 0 amide bonds. The van der Waals surface area contributed by atoms with E-state index in [4.69, 9.17) is 0 Å². The lowest BCUT2D eigenvalue weighted by Gasteiger charge is -2.18. The number of hydrogen-bond acceptors (Lipinski definition) is 3. The lowest BCUT2D eigenvalue weighted by Crippen LogP contribution is -2.14. The van der Waals surface area contributed by atoms with E-state index in [9.17, 15) is 0 Å². The number of anilines is 1. The molecular formula is C20H18N4. The fourth-order valence-electron chi connectivity index (χ4n) is 3.07. The van der Waals surface area contributed by atoms with Crippen LogP contribution in [0.25, 0.3) is 10.9 Å². The molecule has 4 heteroatoms. The van der Waals surface area contributed by atoms with Crippen LogP contribution in [0.1, 0.15) is 17.0 Å². The highest BCUT2D eigenvalue weighted by Gasteiger charge is 2.18. The number of aromatic amines is 1. The Labute approximate surface area is 140 Å². The molecular weight excluding hydrogens is 296 g/mol. The van der Waals surface area contributed by atoms with Crippen LogP contribution in [0.4, 0.5) is 5.82 Å². The lowest BCUT2D eigenvalue weighted by atomic mass is 9.91. The van der Waals surface area contributed by atoms with E-state index in [-0.39, 0.29) is 5.92 Å². The molecule has 24 heavy (non-hydrogen) atoms. The van der Waals surface area contributed by atoms with Crippen molar-refractivity contribution >= 4 is 16.7 Å². The van der Waals surface area contributed by atoms with Crippen LogP contribution in [0.2, 0.25) is 0 Å². The summed E-state index contributed by atoms with van der Waals surface area (Å²) < 4.78 is 0. The zero-order chi connectivity index (χ0) is 16.2. The van der Waals surface area contributed by atoms with E-state index in [1.165, 1.54) is 16.5 Å². The number of para-hydroxylation sites is 1. The quantitative estimate of drug-likeness (QED) is 0.580. The van der Waals surface area contributed by atoms with Gasteiger partial charge >= 0.3 is 0 Å². The SMILES string of the molecule is c1ccc(C(CNc2cnccn2)c2c[nH]c3ccccc23)cc1. The predicted octanol–water partition coefficient (Wildman–Crippen LogP) is 4.20. The van der Waals surface area contributed by atoms with Crippen molar-refractivity contribution in [2.45, 2.75) is 5.92 Å². The van der Waals surface area contributed by atoms with E-state index in [1.807, 2.05) is 6.07 Å². The van der Waals surface area contributed by atoms with Crippen LogP contribution in [0.15, 0.2) is 79.4 Å². The van der Waals surface area contributed by atoms with Crippen molar-refractivity contribution in [2.75, 3.05) is 11.9 Å². The first-order valence-electron chi connectivity index (χ1n) is 8.02. The Morgan fingerprint density at radius 1 is 0.958 bits per heavy atom. The van der Waals surface area contributed by atoms with Crippen molar-refractivity contribution in [2.24, 2.45) is 0 Å². The molecule has 1 atom stereocenters. The average molecular weight is 314 g/mol. The summed E-state index contributed by atoms with van der Waals surface area (Å²) in [5.74, 6) is 1.02. The summed E-state index contributed by atoms with van der Waals surface area (Å²) in [5.41, 5.74) is 3.72. The summed E-state index contributed by atoms with van der Waals surface area (Å²) in [4.78, 5) is 11.8. The van der Waals surface area contributed by atoms with Gasteiger partial charge in [-0.25, -0.2) is 4.98 Å². The molecule has 2 aromatic carbocycles. The Bertz CT molecular complexity index is 916. The number of nitrogens with zero attached hydrogens (tertiary/aromatic N) is 2. The van der Waals surface area contributed by atoms with E-state index in [0.29, 0.717) is 0 Å². The van der Waals surface area contributed by atoms with Gasteiger partial charge in [-0.2, -0.15) is 0 Å². The van der Waals surface area contributed by atoms with Gasteiger partial charge in [-0.05, 0) is 17.2 Å². The van der Waals surface area contributed by atoms with Crippen LogP contribution < -0.4 is 5.32 Å². The third-order valence-corrected chi connectivity index (χ3v) is 4.25. The zero-order valence-electron chi connectivity index (χ0n) is 13.2. The second-order valence-electron chi connectivity index (χ2n) is 5.72. The van der Waals surface area contributed by atoms with Crippen molar-refractivity contribution in [1.82, 2.24) is 15.0 Å². The maximum absolute atomic E-state index is 4.31. The molecule has 0 bridgehead atoms. The summed E-state index contributed by atoms with van der Waals surface area (Å²) in [5, 5.41) is 4.67. The van der Waals surface area contributed by atoms with Gasteiger partial charge in [-0.15, -0.1) is 0 Å². The Balaban J connectivity index is 1.71. The molecule has 0 aliphatic rings. The van der Waals surface area contributed by atoms with Gasteiger partial charge in [0.2, 0.25) is 0 Å². The highest BCUT2D eigenvalue weighted by Crippen LogP contribution is 2.30. The fourth-order valence-corrected chi connectivity index (χ4v) is 3.07. The van der Waals surface area contributed by atoms with Crippen LogP contribution in [0.3, 0.4) is 0 Å². The summed E-state index contributed by atoms with van der Waals surface area (Å²) in [6.45, 7) is 0.755. The standard InChI is InChI=1S/C20H18N4/c1-2-6-15(7-3-1)17(12-24-20-14-21-10-11-22-20)18-13-23-19-9-5-4-8-16(18)19/h1-11,13-14,17,23H,12H2,(H,22,24). The van der Waals surface area contributed by atoms with Gasteiger partial charge < -0.3 is 10.3 Å². The number of H-pyrrole nitrogens is 1. The number of aromatic nitrogens is 3. The number of benzene rings is 2. The second-order valence-corrected chi connectivity index (χ2v) is 5.72. The van der Waals surface area contributed by atoms with Crippen molar-refractivity contribution in [1.29, 1.82) is 0 Å². The lowest BCUT2D eigenvalue weighted by molar-refractivity contribution is 0.854. The molecule has 0 aliphatic heterocycles.